The lowest BCUT2D eigenvalue weighted by Crippen LogP contribution is -2.05. The highest BCUT2D eigenvalue weighted by molar-refractivity contribution is 5.80. The van der Waals surface area contributed by atoms with E-state index >= 15 is 0 Å². The molecule has 70 valence electrons. The Balaban J connectivity index is 2.68. The van der Waals surface area contributed by atoms with E-state index in [2.05, 4.69) is 0 Å². The van der Waals surface area contributed by atoms with Gasteiger partial charge in [-0.2, -0.15) is 0 Å². The zero-order valence-electron chi connectivity index (χ0n) is 7.73. The van der Waals surface area contributed by atoms with Gasteiger partial charge >= 0.3 is 0 Å². The summed E-state index contributed by atoms with van der Waals surface area (Å²) in [6.07, 6.45) is 0. The van der Waals surface area contributed by atoms with E-state index in [0.29, 0.717) is 17.0 Å². The maximum absolute atomic E-state index is 13.0. The minimum atomic E-state index is -0.278. The Morgan fingerprint density at radius 2 is 2.23 bits per heavy atom. The van der Waals surface area contributed by atoms with Crippen LogP contribution in [-0.2, 0) is 0 Å². The van der Waals surface area contributed by atoms with Crippen molar-refractivity contribution in [2.24, 2.45) is 0 Å². The Morgan fingerprint density at radius 1 is 1.54 bits per heavy atom. The highest BCUT2D eigenvalue weighted by atomic mass is 19.1. The van der Waals surface area contributed by atoms with Gasteiger partial charge in [-0.3, -0.25) is 0 Å². The fourth-order valence-electron chi connectivity index (χ4n) is 0.855. The molecule has 0 spiro atoms. The van der Waals surface area contributed by atoms with Crippen molar-refractivity contribution in [3.8, 4) is 5.75 Å². The van der Waals surface area contributed by atoms with E-state index in [4.69, 9.17) is 10.1 Å². The average Bonchev–Trinajstić information content (AvgIpc) is 2.07. The maximum Gasteiger partial charge on any atom is 0.129 e. The van der Waals surface area contributed by atoms with Crippen LogP contribution < -0.4 is 4.74 Å². The van der Waals surface area contributed by atoms with E-state index in [-0.39, 0.29) is 12.4 Å². The summed E-state index contributed by atoms with van der Waals surface area (Å²) >= 11 is 0. The molecule has 13 heavy (non-hydrogen) atoms. The Hall–Kier alpha value is -1.38. The van der Waals surface area contributed by atoms with Crippen LogP contribution >= 0.6 is 0 Å². The van der Waals surface area contributed by atoms with Crippen LogP contribution in [-0.4, -0.2) is 12.3 Å². The summed E-state index contributed by atoms with van der Waals surface area (Å²) in [6.45, 7) is 3.55. The third-order valence-corrected chi connectivity index (χ3v) is 1.60. The number of halogens is 1. The van der Waals surface area contributed by atoms with Gasteiger partial charge in [0.2, 0.25) is 0 Å². The first-order valence-electron chi connectivity index (χ1n) is 4.02. The van der Waals surface area contributed by atoms with Crippen molar-refractivity contribution in [2.45, 2.75) is 13.8 Å². The van der Waals surface area contributed by atoms with Crippen LogP contribution in [0.3, 0.4) is 0 Å². The lowest BCUT2D eigenvalue weighted by atomic mass is 10.2. The minimum Gasteiger partial charge on any atom is -0.488 e. The third kappa shape index (κ3) is 2.86. The van der Waals surface area contributed by atoms with Crippen molar-refractivity contribution in [3.63, 3.8) is 0 Å². The second-order valence-electron chi connectivity index (χ2n) is 2.98. The van der Waals surface area contributed by atoms with Crippen molar-refractivity contribution in [1.29, 1.82) is 5.41 Å². The van der Waals surface area contributed by atoms with Gasteiger partial charge in [-0.15, -0.1) is 0 Å². The summed E-state index contributed by atoms with van der Waals surface area (Å²) in [5.74, 6) is 0.190. The molecule has 0 unspecified atom stereocenters. The van der Waals surface area contributed by atoms with Gasteiger partial charge in [0.1, 0.15) is 18.2 Å². The lowest BCUT2D eigenvalue weighted by molar-refractivity contribution is 0.372. The highest BCUT2D eigenvalue weighted by Crippen LogP contribution is 2.15. The predicted molar refractivity (Wildman–Crippen MR) is 50.0 cm³/mol. The summed E-state index contributed by atoms with van der Waals surface area (Å²) in [7, 11) is 0. The Kier molecular flexibility index (Phi) is 3.01. The van der Waals surface area contributed by atoms with E-state index in [1.165, 1.54) is 6.07 Å². The van der Waals surface area contributed by atoms with Crippen molar-refractivity contribution < 1.29 is 9.13 Å². The molecule has 0 saturated heterocycles. The quantitative estimate of drug-likeness (QED) is 0.714. The SMILES string of the molecule is CC(=N)COc1ccc(C)c(F)c1. The largest absolute Gasteiger partial charge is 0.488 e. The summed E-state index contributed by atoms with van der Waals surface area (Å²) < 4.78 is 18.1. The second kappa shape index (κ2) is 4.03. The third-order valence-electron chi connectivity index (χ3n) is 1.60. The normalized spacial score (nSPS) is 9.77. The van der Waals surface area contributed by atoms with Crippen molar-refractivity contribution >= 4 is 5.71 Å². The number of rotatable bonds is 3. The highest BCUT2D eigenvalue weighted by Gasteiger charge is 1.99. The Labute approximate surface area is 76.9 Å². The number of nitrogens with one attached hydrogen (secondary N) is 1. The van der Waals surface area contributed by atoms with Crippen LogP contribution in [0.15, 0.2) is 18.2 Å². The van der Waals surface area contributed by atoms with Gasteiger partial charge in [0.15, 0.2) is 0 Å². The molecule has 0 atom stereocenters. The first-order valence-corrected chi connectivity index (χ1v) is 4.02. The van der Waals surface area contributed by atoms with Gasteiger partial charge in [0.05, 0.1) is 0 Å². The summed E-state index contributed by atoms with van der Waals surface area (Å²) in [5, 5.41) is 7.12. The smallest absolute Gasteiger partial charge is 0.129 e. The maximum atomic E-state index is 13.0. The minimum absolute atomic E-state index is 0.211. The molecular weight excluding hydrogens is 169 g/mol. The van der Waals surface area contributed by atoms with Gasteiger partial charge in [-0.05, 0) is 25.5 Å². The van der Waals surface area contributed by atoms with Gasteiger partial charge in [0, 0.05) is 11.8 Å². The number of hydrogen-bond acceptors (Lipinski definition) is 2. The Morgan fingerprint density at radius 3 is 2.77 bits per heavy atom. The molecule has 1 aromatic carbocycles. The molecule has 1 aromatic rings. The molecule has 0 amide bonds. The second-order valence-corrected chi connectivity index (χ2v) is 2.98. The molecule has 0 aliphatic carbocycles. The van der Waals surface area contributed by atoms with E-state index in [1.807, 2.05) is 0 Å². The topological polar surface area (TPSA) is 33.1 Å². The van der Waals surface area contributed by atoms with Gasteiger partial charge in [0.25, 0.3) is 0 Å². The van der Waals surface area contributed by atoms with Crippen LogP contribution in [0.4, 0.5) is 4.39 Å². The number of ether oxygens (including phenoxy) is 1. The summed E-state index contributed by atoms with van der Waals surface area (Å²) in [5.41, 5.74) is 1.01. The van der Waals surface area contributed by atoms with Gasteiger partial charge in [-0.25, -0.2) is 4.39 Å². The molecule has 3 heteroatoms. The van der Waals surface area contributed by atoms with Crippen LogP contribution in [0.2, 0.25) is 0 Å². The molecule has 0 saturated carbocycles. The van der Waals surface area contributed by atoms with Crippen molar-refractivity contribution in [1.82, 2.24) is 0 Å². The van der Waals surface area contributed by atoms with Crippen LogP contribution in [0, 0.1) is 18.2 Å². The van der Waals surface area contributed by atoms with Crippen LogP contribution in [0.1, 0.15) is 12.5 Å². The zero-order valence-corrected chi connectivity index (χ0v) is 7.73. The number of aryl methyl sites for hydroxylation is 1. The molecule has 0 aliphatic heterocycles. The lowest BCUT2D eigenvalue weighted by Gasteiger charge is -2.05. The molecule has 0 heterocycles. The molecule has 0 aromatic heterocycles. The van der Waals surface area contributed by atoms with E-state index in [1.54, 1.807) is 26.0 Å². The molecule has 1 rings (SSSR count). The summed E-state index contributed by atoms with van der Waals surface area (Å²) in [4.78, 5) is 0. The predicted octanol–water partition coefficient (Wildman–Crippen LogP) is 2.55. The molecule has 2 nitrogen and oxygen atoms in total. The molecule has 1 N–H and O–H groups in total. The fourth-order valence-corrected chi connectivity index (χ4v) is 0.855. The van der Waals surface area contributed by atoms with Gasteiger partial charge in [-0.1, -0.05) is 6.07 Å². The average molecular weight is 181 g/mol. The summed E-state index contributed by atoms with van der Waals surface area (Å²) in [6, 6.07) is 4.68. The number of benzene rings is 1. The first-order chi connectivity index (χ1) is 6.09. The fraction of sp³-hybridized carbons (Fsp3) is 0.300. The standard InChI is InChI=1S/C10H12FNO/c1-7-3-4-9(5-10(7)11)13-6-8(2)12/h3-5,12H,6H2,1-2H3. The van der Waals surface area contributed by atoms with Crippen LogP contribution in [0.25, 0.3) is 0 Å². The number of hydrogen-bond donors (Lipinski definition) is 1. The molecule has 0 bridgehead atoms. The van der Waals surface area contributed by atoms with E-state index < -0.39 is 0 Å². The molecule has 0 aliphatic rings. The van der Waals surface area contributed by atoms with Crippen molar-refractivity contribution in [2.75, 3.05) is 6.61 Å². The zero-order chi connectivity index (χ0) is 9.84. The van der Waals surface area contributed by atoms with Crippen LogP contribution in [0.5, 0.6) is 5.75 Å². The van der Waals surface area contributed by atoms with E-state index in [0.717, 1.165) is 0 Å². The molecular formula is C10H12FNO. The molecule has 0 radical (unpaired) electrons. The Bertz CT molecular complexity index is 323. The first kappa shape index (κ1) is 9.71. The molecule has 0 fully saturated rings. The van der Waals surface area contributed by atoms with Crippen molar-refractivity contribution in [3.05, 3.63) is 29.6 Å². The van der Waals surface area contributed by atoms with E-state index in [9.17, 15) is 4.39 Å². The van der Waals surface area contributed by atoms with Gasteiger partial charge < -0.3 is 10.1 Å². The monoisotopic (exact) mass is 181 g/mol.